The van der Waals surface area contributed by atoms with E-state index < -0.39 is 30.9 Å². The van der Waals surface area contributed by atoms with E-state index >= 15 is 0 Å². The van der Waals surface area contributed by atoms with Gasteiger partial charge in [0.05, 0.1) is 0 Å². The molecule has 6 nitrogen and oxygen atoms in total. The van der Waals surface area contributed by atoms with Crippen LogP contribution >= 0.6 is 0 Å². The maximum atomic E-state index is 12.2. The lowest BCUT2D eigenvalue weighted by Gasteiger charge is -2.17. The zero-order valence-corrected chi connectivity index (χ0v) is 9.95. The quantitative estimate of drug-likeness (QED) is 0.707. The molecule has 0 unspecified atom stereocenters. The number of rotatable bonds is 6. The van der Waals surface area contributed by atoms with Crippen LogP contribution in [0.3, 0.4) is 0 Å². The molecule has 0 aliphatic rings. The Morgan fingerprint density at radius 3 is 2.47 bits per heavy atom. The number of aliphatic carboxylic acids is 1. The third kappa shape index (κ3) is 4.92. The standard InChI is InChI=1S/C12H14FNO5/c13-6-9(15)10(11(16)17)14-12(18)19-7-8-4-2-1-3-5-8/h1-5,9-10,15H,6-7H2,(H,14,18)(H,16,17)/t9-,10+/m1/s1. The van der Waals surface area contributed by atoms with E-state index in [1.54, 1.807) is 30.3 Å². The number of aliphatic hydroxyl groups excluding tert-OH is 1. The van der Waals surface area contributed by atoms with E-state index in [4.69, 9.17) is 14.9 Å². The number of halogens is 1. The molecule has 7 heteroatoms. The zero-order valence-electron chi connectivity index (χ0n) is 9.95. The molecule has 2 atom stereocenters. The summed E-state index contributed by atoms with van der Waals surface area (Å²) in [7, 11) is 0. The molecule has 0 fully saturated rings. The van der Waals surface area contributed by atoms with Crippen molar-refractivity contribution in [1.29, 1.82) is 0 Å². The summed E-state index contributed by atoms with van der Waals surface area (Å²) >= 11 is 0. The van der Waals surface area contributed by atoms with Crippen molar-refractivity contribution in [3.63, 3.8) is 0 Å². The Morgan fingerprint density at radius 1 is 1.32 bits per heavy atom. The number of carbonyl (C=O) groups excluding carboxylic acids is 1. The number of alkyl carbamates (subject to hydrolysis) is 1. The topological polar surface area (TPSA) is 95.9 Å². The maximum absolute atomic E-state index is 12.2. The first-order valence-electron chi connectivity index (χ1n) is 5.48. The van der Waals surface area contributed by atoms with Gasteiger partial charge in [-0.1, -0.05) is 30.3 Å². The van der Waals surface area contributed by atoms with Gasteiger partial charge in [-0.25, -0.2) is 14.0 Å². The van der Waals surface area contributed by atoms with Crippen molar-refractivity contribution in [2.24, 2.45) is 0 Å². The number of hydrogen-bond acceptors (Lipinski definition) is 4. The number of carboxylic acid groups (broad SMARTS) is 1. The van der Waals surface area contributed by atoms with E-state index in [9.17, 15) is 14.0 Å². The first-order chi connectivity index (χ1) is 9.04. The molecule has 1 aromatic carbocycles. The molecule has 104 valence electrons. The molecular formula is C12H14FNO5. The number of ether oxygens (including phenoxy) is 1. The summed E-state index contributed by atoms with van der Waals surface area (Å²) in [5, 5.41) is 19.7. The van der Waals surface area contributed by atoms with Crippen LogP contribution in [0.5, 0.6) is 0 Å². The molecule has 0 aliphatic carbocycles. The van der Waals surface area contributed by atoms with E-state index in [-0.39, 0.29) is 6.61 Å². The lowest BCUT2D eigenvalue weighted by molar-refractivity contribution is -0.142. The molecule has 0 radical (unpaired) electrons. The number of benzene rings is 1. The Balaban J connectivity index is 2.47. The van der Waals surface area contributed by atoms with Gasteiger partial charge in [-0.05, 0) is 5.56 Å². The van der Waals surface area contributed by atoms with Crippen LogP contribution in [0.25, 0.3) is 0 Å². The van der Waals surface area contributed by atoms with Gasteiger partial charge in [0.2, 0.25) is 0 Å². The largest absolute Gasteiger partial charge is 0.480 e. The van der Waals surface area contributed by atoms with Crippen LogP contribution in [0, 0.1) is 0 Å². The number of aliphatic hydroxyl groups is 1. The van der Waals surface area contributed by atoms with Gasteiger partial charge in [-0.2, -0.15) is 0 Å². The summed E-state index contributed by atoms with van der Waals surface area (Å²) in [6.45, 7) is -1.33. The molecular weight excluding hydrogens is 257 g/mol. The van der Waals surface area contributed by atoms with E-state index in [0.717, 1.165) is 5.56 Å². The predicted molar refractivity (Wildman–Crippen MR) is 63.2 cm³/mol. The van der Waals surface area contributed by atoms with Crippen molar-refractivity contribution in [3.8, 4) is 0 Å². The smallest absolute Gasteiger partial charge is 0.408 e. The molecule has 1 rings (SSSR count). The Morgan fingerprint density at radius 2 is 1.95 bits per heavy atom. The van der Waals surface area contributed by atoms with Crippen molar-refractivity contribution in [2.75, 3.05) is 6.67 Å². The lowest BCUT2D eigenvalue weighted by atomic mass is 10.2. The maximum Gasteiger partial charge on any atom is 0.408 e. The van der Waals surface area contributed by atoms with Crippen molar-refractivity contribution >= 4 is 12.1 Å². The zero-order chi connectivity index (χ0) is 14.3. The normalized spacial score (nSPS) is 13.4. The van der Waals surface area contributed by atoms with Crippen LogP contribution in [0.15, 0.2) is 30.3 Å². The van der Waals surface area contributed by atoms with Crippen LogP contribution in [-0.4, -0.2) is 41.1 Å². The minimum Gasteiger partial charge on any atom is -0.480 e. The van der Waals surface area contributed by atoms with Crippen LogP contribution in [0.2, 0.25) is 0 Å². The van der Waals surface area contributed by atoms with Crippen LogP contribution < -0.4 is 5.32 Å². The average molecular weight is 271 g/mol. The molecule has 0 saturated carbocycles. The van der Waals surface area contributed by atoms with Crippen molar-refractivity contribution in [3.05, 3.63) is 35.9 Å². The minimum absolute atomic E-state index is 0.0509. The Labute approximate surface area is 108 Å². The molecule has 19 heavy (non-hydrogen) atoms. The van der Waals surface area contributed by atoms with E-state index in [1.165, 1.54) is 0 Å². The fourth-order valence-electron chi connectivity index (χ4n) is 1.30. The van der Waals surface area contributed by atoms with Crippen LogP contribution in [0.1, 0.15) is 5.56 Å². The summed E-state index contributed by atoms with van der Waals surface area (Å²) in [6, 6.07) is 7.00. The highest BCUT2D eigenvalue weighted by atomic mass is 19.1. The molecule has 3 N–H and O–H groups in total. The molecule has 0 saturated heterocycles. The summed E-state index contributed by atoms with van der Waals surface area (Å²) in [4.78, 5) is 22.0. The molecule has 0 spiro atoms. The second-order valence-corrected chi connectivity index (χ2v) is 3.74. The predicted octanol–water partition coefficient (Wildman–Crippen LogP) is 0.696. The highest BCUT2D eigenvalue weighted by molar-refractivity contribution is 5.80. The minimum atomic E-state index is -1.82. The van der Waals surface area contributed by atoms with Gasteiger partial charge in [0.25, 0.3) is 0 Å². The van der Waals surface area contributed by atoms with Crippen LogP contribution in [-0.2, 0) is 16.1 Å². The van der Waals surface area contributed by atoms with Gasteiger partial charge in [-0.3, -0.25) is 0 Å². The highest BCUT2D eigenvalue weighted by Gasteiger charge is 2.28. The third-order valence-corrected chi connectivity index (χ3v) is 2.30. The fraction of sp³-hybridized carbons (Fsp3) is 0.333. The first kappa shape index (κ1) is 14.9. The van der Waals surface area contributed by atoms with Crippen molar-refractivity contribution in [1.82, 2.24) is 5.32 Å². The van der Waals surface area contributed by atoms with Gasteiger partial charge in [0, 0.05) is 0 Å². The number of carbonyl (C=O) groups is 2. The SMILES string of the molecule is O=C(N[C@H](C(=O)O)[C@H](O)CF)OCc1ccccc1. The van der Waals surface area contributed by atoms with Crippen LogP contribution in [0.4, 0.5) is 9.18 Å². The number of nitrogens with one attached hydrogen (secondary N) is 1. The third-order valence-electron chi connectivity index (χ3n) is 2.30. The number of hydrogen-bond donors (Lipinski definition) is 3. The van der Waals surface area contributed by atoms with Gasteiger partial charge in [0.15, 0.2) is 6.04 Å². The molecule has 0 aliphatic heterocycles. The van der Waals surface area contributed by atoms with Gasteiger partial charge in [0.1, 0.15) is 19.4 Å². The number of alkyl halides is 1. The van der Waals surface area contributed by atoms with Gasteiger partial charge < -0.3 is 20.3 Å². The second-order valence-electron chi connectivity index (χ2n) is 3.74. The summed E-state index contributed by atoms with van der Waals surface area (Å²) in [6.07, 6.45) is -2.86. The second kappa shape index (κ2) is 7.32. The number of carboxylic acids is 1. The molecule has 0 heterocycles. The number of amides is 1. The van der Waals surface area contributed by atoms with Crippen molar-refractivity contribution < 1.29 is 28.9 Å². The lowest BCUT2D eigenvalue weighted by Crippen LogP contribution is -2.49. The monoisotopic (exact) mass is 271 g/mol. The summed E-state index contributed by atoms with van der Waals surface area (Å²) in [5.41, 5.74) is 0.718. The molecule has 1 aromatic rings. The molecule has 1 amide bonds. The van der Waals surface area contributed by atoms with E-state index in [2.05, 4.69) is 0 Å². The Kier molecular flexibility index (Phi) is 5.74. The van der Waals surface area contributed by atoms with Gasteiger partial charge >= 0.3 is 12.1 Å². The summed E-state index contributed by atoms with van der Waals surface area (Å²) < 4.78 is 16.9. The first-order valence-corrected chi connectivity index (χ1v) is 5.48. The molecule has 0 aromatic heterocycles. The fourth-order valence-corrected chi connectivity index (χ4v) is 1.30. The highest BCUT2D eigenvalue weighted by Crippen LogP contribution is 2.02. The van der Waals surface area contributed by atoms with Gasteiger partial charge in [-0.15, -0.1) is 0 Å². The van der Waals surface area contributed by atoms with Crippen molar-refractivity contribution in [2.45, 2.75) is 18.8 Å². The van der Waals surface area contributed by atoms with E-state index in [0.29, 0.717) is 0 Å². The summed E-state index contributed by atoms with van der Waals surface area (Å²) in [5.74, 6) is -1.54. The molecule has 0 bridgehead atoms. The Hall–Kier alpha value is -2.15. The Bertz CT molecular complexity index is 425. The average Bonchev–Trinajstić information content (AvgIpc) is 2.42. The van der Waals surface area contributed by atoms with E-state index in [1.807, 2.05) is 5.32 Å².